The van der Waals surface area contributed by atoms with Crippen LogP contribution in [0.3, 0.4) is 0 Å². The standard InChI is InChI=1S/C19H18FN3O3S/c1-25-15-5-2-4-13(12-15)18-22-23-19(26-18)21-17(24)6-3-11-27-16-9-7-14(20)8-10-16/h2,4-5,7-10,12H,3,6,11H2,1H3,(H,21,23,24). The Morgan fingerprint density at radius 3 is 2.81 bits per heavy atom. The van der Waals surface area contributed by atoms with Crippen LogP contribution in [0.1, 0.15) is 12.8 Å². The van der Waals surface area contributed by atoms with Crippen molar-refractivity contribution in [2.75, 3.05) is 18.2 Å². The van der Waals surface area contributed by atoms with E-state index in [4.69, 9.17) is 9.15 Å². The van der Waals surface area contributed by atoms with E-state index >= 15 is 0 Å². The highest BCUT2D eigenvalue weighted by atomic mass is 32.2. The van der Waals surface area contributed by atoms with Crippen molar-refractivity contribution in [1.82, 2.24) is 10.2 Å². The number of carbonyl (C=O) groups is 1. The first-order valence-electron chi connectivity index (χ1n) is 8.30. The van der Waals surface area contributed by atoms with Gasteiger partial charge in [0.05, 0.1) is 7.11 Å². The number of aromatic nitrogens is 2. The number of hydrogen-bond acceptors (Lipinski definition) is 6. The maximum atomic E-state index is 12.8. The molecule has 0 saturated carbocycles. The van der Waals surface area contributed by atoms with Crippen LogP contribution < -0.4 is 10.1 Å². The van der Waals surface area contributed by atoms with Gasteiger partial charge < -0.3 is 9.15 Å². The van der Waals surface area contributed by atoms with Crippen LogP contribution in [0.15, 0.2) is 57.8 Å². The number of nitrogens with zero attached hydrogens (tertiary/aromatic N) is 2. The Kier molecular flexibility index (Phi) is 6.43. The lowest BCUT2D eigenvalue weighted by Gasteiger charge is -2.02. The average Bonchev–Trinajstić information content (AvgIpc) is 3.15. The summed E-state index contributed by atoms with van der Waals surface area (Å²) < 4.78 is 23.5. The zero-order valence-electron chi connectivity index (χ0n) is 14.6. The second-order valence-corrected chi connectivity index (χ2v) is 6.77. The lowest BCUT2D eigenvalue weighted by molar-refractivity contribution is -0.116. The van der Waals surface area contributed by atoms with Gasteiger partial charge in [-0.05, 0) is 54.6 Å². The molecule has 0 aliphatic heterocycles. The molecule has 0 radical (unpaired) electrons. The fourth-order valence-electron chi connectivity index (χ4n) is 2.28. The Hall–Kier alpha value is -2.87. The van der Waals surface area contributed by atoms with Crippen LogP contribution in [0.2, 0.25) is 0 Å². The molecular weight excluding hydrogens is 369 g/mol. The fraction of sp³-hybridized carbons (Fsp3) is 0.211. The Balaban J connectivity index is 1.45. The minimum absolute atomic E-state index is 0.0593. The van der Waals surface area contributed by atoms with Crippen molar-refractivity contribution in [2.24, 2.45) is 0 Å². The van der Waals surface area contributed by atoms with Crippen LogP contribution in [-0.4, -0.2) is 29.0 Å². The topological polar surface area (TPSA) is 77.3 Å². The number of amides is 1. The maximum absolute atomic E-state index is 12.8. The van der Waals surface area contributed by atoms with Gasteiger partial charge in [-0.25, -0.2) is 4.39 Å². The highest BCUT2D eigenvalue weighted by Gasteiger charge is 2.12. The molecule has 3 aromatic rings. The number of carbonyl (C=O) groups excluding carboxylic acids is 1. The third-order valence-electron chi connectivity index (χ3n) is 3.62. The van der Waals surface area contributed by atoms with Gasteiger partial charge in [0, 0.05) is 16.9 Å². The van der Waals surface area contributed by atoms with E-state index in [2.05, 4.69) is 15.5 Å². The zero-order chi connectivity index (χ0) is 19.1. The first-order valence-corrected chi connectivity index (χ1v) is 9.29. The van der Waals surface area contributed by atoms with E-state index in [0.29, 0.717) is 30.0 Å². The minimum atomic E-state index is -0.258. The minimum Gasteiger partial charge on any atom is -0.497 e. The molecule has 0 fully saturated rings. The maximum Gasteiger partial charge on any atom is 0.322 e. The molecule has 1 heterocycles. The molecule has 0 aliphatic carbocycles. The number of rotatable bonds is 8. The normalized spacial score (nSPS) is 10.6. The van der Waals surface area contributed by atoms with E-state index in [-0.39, 0.29) is 17.7 Å². The summed E-state index contributed by atoms with van der Waals surface area (Å²) in [4.78, 5) is 13.0. The molecular formula is C19H18FN3O3S. The second-order valence-electron chi connectivity index (χ2n) is 5.60. The van der Waals surface area contributed by atoms with Crippen molar-refractivity contribution < 1.29 is 18.3 Å². The van der Waals surface area contributed by atoms with Crippen LogP contribution in [0, 0.1) is 5.82 Å². The van der Waals surface area contributed by atoms with E-state index in [1.807, 2.05) is 18.2 Å². The molecule has 1 N–H and O–H groups in total. The molecule has 140 valence electrons. The van der Waals surface area contributed by atoms with Gasteiger partial charge in [-0.2, -0.15) is 0 Å². The molecule has 1 aromatic heterocycles. The molecule has 0 spiro atoms. The lowest BCUT2D eigenvalue weighted by Crippen LogP contribution is -2.11. The predicted molar refractivity (Wildman–Crippen MR) is 101 cm³/mol. The second kappa shape index (κ2) is 9.18. The number of methoxy groups -OCH3 is 1. The molecule has 1 amide bonds. The average molecular weight is 387 g/mol. The van der Waals surface area contributed by atoms with Crippen molar-refractivity contribution >= 4 is 23.7 Å². The third kappa shape index (κ3) is 5.55. The Morgan fingerprint density at radius 1 is 1.22 bits per heavy atom. The zero-order valence-corrected chi connectivity index (χ0v) is 15.5. The summed E-state index contributed by atoms with van der Waals surface area (Å²) in [5.74, 6) is 1.27. The smallest absolute Gasteiger partial charge is 0.322 e. The molecule has 0 aliphatic rings. The molecule has 6 nitrogen and oxygen atoms in total. The molecule has 2 aromatic carbocycles. The highest BCUT2D eigenvalue weighted by Crippen LogP contribution is 2.24. The van der Waals surface area contributed by atoms with Crippen LogP contribution in [0.4, 0.5) is 10.4 Å². The van der Waals surface area contributed by atoms with E-state index in [1.165, 1.54) is 12.1 Å². The number of benzene rings is 2. The molecule has 3 rings (SSSR count). The Morgan fingerprint density at radius 2 is 2.04 bits per heavy atom. The van der Waals surface area contributed by atoms with Gasteiger partial charge in [0.1, 0.15) is 11.6 Å². The molecule has 27 heavy (non-hydrogen) atoms. The van der Waals surface area contributed by atoms with E-state index in [9.17, 15) is 9.18 Å². The summed E-state index contributed by atoms with van der Waals surface area (Å²) in [7, 11) is 1.58. The van der Waals surface area contributed by atoms with Crippen molar-refractivity contribution in [3.05, 3.63) is 54.3 Å². The van der Waals surface area contributed by atoms with Gasteiger partial charge in [-0.1, -0.05) is 11.2 Å². The summed E-state index contributed by atoms with van der Waals surface area (Å²) in [6.45, 7) is 0. The van der Waals surface area contributed by atoms with Gasteiger partial charge in [-0.15, -0.1) is 16.9 Å². The van der Waals surface area contributed by atoms with Crippen molar-refractivity contribution in [3.63, 3.8) is 0 Å². The summed E-state index contributed by atoms with van der Waals surface area (Å²) in [5.41, 5.74) is 0.707. The van der Waals surface area contributed by atoms with Gasteiger partial charge in [0.2, 0.25) is 11.8 Å². The lowest BCUT2D eigenvalue weighted by atomic mass is 10.2. The number of anilines is 1. The predicted octanol–water partition coefficient (Wildman–Crippen LogP) is 4.40. The summed E-state index contributed by atoms with van der Waals surface area (Å²) in [6, 6.07) is 13.6. The molecule has 0 saturated heterocycles. The highest BCUT2D eigenvalue weighted by molar-refractivity contribution is 7.99. The van der Waals surface area contributed by atoms with Crippen molar-refractivity contribution in [3.8, 4) is 17.2 Å². The number of nitrogens with one attached hydrogen (secondary N) is 1. The van der Waals surface area contributed by atoms with E-state index in [0.717, 1.165) is 10.6 Å². The summed E-state index contributed by atoms with van der Waals surface area (Å²) >= 11 is 1.57. The number of ether oxygens (including phenoxy) is 1. The molecule has 0 atom stereocenters. The fourth-order valence-corrected chi connectivity index (χ4v) is 3.13. The number of hydrogen-bond donors (Lipinski definition) is 1. The molecule has 8 heteroatoms. The van der Waals surface area contributed by atoms with Gasteiger partial charge in [0.25, 0.3) is 0 Å². The Bertz CT molecular complexity index is 899. The van der Waals surface area contributed by atoms with Crippen molar-refractivity contribution in [2.45, 2.75) is 17.7 Å². The molecule has 0 bridgehead atoms. The quantitative estimate of drug-likeness (QED) is 0.456. The number of halogens is 1. The van der Waals surface area contributed by atoms with Crippen LogP contribution in [0.25, 0.3) is 11.5 Å². The van der Waals surface area contributed by atoms with Crippen LogP contribution in [0.5, 0.6) is 5.75 Å². The largest absolute Gasteiger partial charge is 0.497 e. The van der Waals surface area contributed by atoms with Gasteiger partial charge in [0.15, 0.2) is 0 Å². The first-order chi connectivity index (χ1) is 13.1. The van der Waals surface area contributed by atoms with Crippen LogP contribution >= 0.6 is 11.8 Å². The summed E-state index contributed by atoms with van der Waals surface area (Å²) in [6.07, 6.45) is 0.996. The van der Waals surface area contributed by atoms with Gasteiger partial charge in [-0.3, -0.25) is 10.1 Å². The van der Waals surface area contributed by atoms with Gasteiger partial charge >= 0.3 is 6.01 Å². The van der Waals surface area contributed by atoms with Crippen molar-refractivity contribution in [1.29, 1.82) is 0 Å². The monoisotopic (exact) mass is 387 g/mol. The first kappa shape index (κ1) is 18.9. The SMILES string of the molecule is COc1cccc(-c2nnc(NC(=O)CCCSc3ccc(F)cc3)o2)c1. The van der Waals surface area contributed by atoms with Crippen LogP contribution in [-0.2, 0) is 4.79 Å². The van der Waals surface area contributed by atoms with E-state index < -0.39 is 0 Å². The number of thioether (sulfide) groups is 1. The Labute approximate surface area is 160 Å². The summed E-state index contributed by atoms with van der Waals surface area (Å²) in [5, 5.41) is 10.4. The van der Waals surface area contributed by atoms with E-state index in [1.54, 1.807) is 37.1 Å². The third-order valence-corrected chi connectivity index (χ3v) is 4.72. The molecule has 0 unspecified atom stereocenters.